The lowest BCUT2D eigenvalue weighted by molar-refractivity contribution is 0.101. The molecule has 0 aliphatic heterocycles. The van der Waals surface area contributed by atoms with Gasteiger partial charge in [0.25, 0.3) is 5.91 Å². The number of carbonyl (C=O) groups excluding carboxylic acids is 1. The summed E-state index contributed by atoms with van der Waals surface area (Å²) in [4.78, 5) is 12.2. The molecule has 0 unspecified atom stereocenters. The summed E-state index contributed by atoms with van der Waals surface area (Å²) in [5.74, 6) is -0.124. The zero-order valence-corrected chi connectivity index (χ0v) is 13.3. The van der Waals surface area contributed by atoms with Crippen LogP contribution < -0.4 is 5.32 Å². The first-order valence-corrected chi connectivity index (χ1v) is 7.77. The van der Waals surface area contributed by atoms with E-state index < -0.39 is 0 Å². The summed E-state index contributed by atoms with van der Waals surface area (Å²) in [6.45, 7) is 4.54. The number of halogens is 1. The molecule has 1 amide bonds. The molecule has 0 aliphatic rings. The Labute approximate surface area is 127 Å². The first-order valence-electron chi connectivity index (χ1n) is 6.64. The van der Waals surface area contributed by atoms with Gasteiger partial charge in [0.2, 0.25) is 0 Å². The number of hydrogen-bond donors (Lipinski definition) is 1. The van der Waals surface area contributed by atoms with Gasteiger partial charge in [0, 0.05) is 17.6 Å². The summed E-state index contributed by atoms with van der Waals surface area (Å²) in [5.41, 5.74) is 3.49. The van der Waals surface area contributed by atoms with E-state index in [4.69, 9.17) is 0 Å². The number of carbonyl (C=O) groups is 1. The highest BCUT2D eigenvalue weighted by Crippen LogP contribution is 2.13. The third kappa shape index (κ3) is 3.48. The van der Waals surface area contributed by atoms with Crippen LogP contribution in [-0.4, -0.2) is 21.0 Å². The summed E-state index contributed by atoms with van der Waals surface area (Å²) in [7, 11) is 0. The fourth-order valence-corrected chi connectivity index (χ4v) is 2.49. The van der Waals surface area contributed by atoms with Crippen molar-refractivity contribution in [2.24, 2.45) is 0 Å². The molecule has 0 fully saturated rings. The van der Waals surface area contributed by atoms with Crippen molar-refractivity contribution in [1.82, 2.24) is 9.78 Å². The molecule has 0 saturated carbocycles. The van der Waals surface area contributed by atoms with Gasteiger partial charge in [-0.3, -0.25) is 9.48 Å². The summed E-state index contributed by atoms with van der Waals surface area (Å²) in [6.07, 6.45) is 0.982. The van der Waals surface area contributed by atoms with Crippen LogP contribution in [0.15, 0.2) is 30.3 Å². The van der Waals surface area contributed by atoms with Crippen LogP contribution >= 0.6 is 15.9 Å². The summed E-state index contributed by atoms with van der Waals surface area (Å²) in [5, 5.41) is 8.12. The molecule has 0 aliphatic carbocycles. The molecule has 0 radical (unpaired) electrons. The Hall–Kier alpha value is -1.62. The Balaban J connectivity index is 2.10. The van der Waals surface area contributed by atoms with Crippen LogP contribution in [0.1, 0.15) is 28.7 Å². The second-order valence-electron chi connectivity index (χ2n) is 4.58. The standard InChI is InChI=1S/C15H18BrN3O/c1-3-19-14(10-11(2)18-19)15(20)17-13-6-4-12(5-7-13)8-9-16/h4-7,10H,3,8-9H2,1-2H3,(H,17,20). The lowest BCUT2D eigenvalue weighted by atomic mass is 10.1. The first kappa shape index (κ1) is 14.8. The number of nitrogens with zero attached hydrogens (tertiary/aromatic N) is 2. The van der Waals surface area contributed by atoms with Gasteiger partial charge in [0.1, 0.15) is 5.69 Å². The molecular formula is C15H18BrN3O. The SMILES string of the molecule is CCn1nc(C)cc1C(=O)Nc1ccc(CCBr)cc1. The Bertz CT molecular complexity index is 590. The lowest BCUT2D eigenvalue weighted by Gasteiger charge is -2.07. The van der Waals surface area contributed by atoms with Crippen LogP contribution in [0.2, 0.25) is 0 Å². The minimum atomic E-state index is -0.124. The molecule has 1 N–H and O–H groups in total. The van der Waals surface area contributed by atoms with Crippen molar-refractivity contribution in [3.05, 3.63) is 47.3 Å². The van der Waals surface area contributed by atoms with Crippen LogP contribution in [0.3, 0.4) is 0 Å². The number of benzene rings is 1. The summed E-state index contributed by atoms with van der Waals surface area (Å²) < 4.78 is 1.71. The predicted octanol–water partition coefficient (Wildman–Crippen LogP) is 3.40. The maximum atomic E-state index is 12.2. The van der Waals surface area contributed by atoms with Crippen molar-refractivity contribution >= 4 is 27.5 Å². The molecule has 5 heteroatoms. The molecule has 4 nitrogen and oxygen atoms in total. The summed E-state index contributed by atoms with van der Waals surface area (Å²) >= 11 is 3.41. The monoisotopic (exact) mass is 335 g/mol. The molecule has 0 bridgehead atoms. The van der Waals surface area contributed by atoms with Crippen molar-refractivity contribution in [1.29, 1.82) is 0 Å². The van der Waals surface area contributed by atoms with Crippen molar-refractivity contribution in [3.8, 4) is 0 Å². The van der Waals surface area contributed by atoms with E-state index in [0.29, 0.717) is 12.2 Å². The van der Waals surface area contributed by atoms with E-state index in [1.807, 2.05) is 38.1 Å². The number of anilines is 1. The number of amides is 1. The number of rotatable bonds is 5. The highest BCUT2D eigenvalue weighted by atomic mass is 79.9. The van der Waals surface area contributed by atoms with Crippen molar-refractivity contribution in [2.75, 3.05) is 10.6 Å². The molecule has 1 aromatic carbocycles. The normalized spacial score (nSPS) is 10.6. The fraction of sp³-hybridized carbons (Fsp3) is 0.333. The molecule has 1 aromatic heterocycles. The van der Waals surface area contributed by atoms with Crippen LogP contribution in [0.25, 0.3) is 0 Å². The van der Waals surface area contributed by atoms with Crippen LogP contribution in [0.4, 0.5) is 5.69 Å². The number of alkyl halides is 1. The fourth-order valence-electron chi connectivity index (χ4n) is 2.03. The van der Waals surface area contributed by atoms with Gasteiger partial charge < -0.3 is 5.32 Å². The smallest absolute Gasteiger partial charge is 0.273 e. The van der Waals surface area contributed by atoms with Crippen molar-refractivity contribution < 1.29 is 4.79 Å². The van der Waals surface area contributed by atoms with Gasteiger partial charge >= 0.3 is 0 Å². The van der Waals surface area contributed by atoms with E-state index >= 15 is 0 Å². The average molecular weight is 336 g/mol. The van der Waals surface area contributed by atoms with E-state index in [2.05, 4.69) is 26.3 Å². The zero-order valence-electron chi connectivity index (χ0n) is 11.7. The second-order valence-corrected chi connectivity index (χ2v) is 5.37. The third-order valence-electron chi connectivity index (χ3n) is 3.03. The molecule has 0 spiro atoms. The topological polar surface area (TPSA) is 46.9 Å². The Morgan fingerprint density at radius 3 is 2.65 bits per heavy atom. The maximum absolute atomic E-state index is 12.2. The van der Waals surface area contributed by atoms with Crippen LogP contribution in [0.5, 0.6) is 0 Å². The Morgan fingerprint density at radius 1 is 1.35 bits per heavy atom. The average Bonchev–Trinajstić information content (AvgIpc) is 2.82. The van der Waals surface area contributed by atoms with E-state index in [9.17, 15) is 4.79 Å². The molecular weight excluding hydrogens is 318 g/mol. The second kappa shape index (κ2) is 6.70. The van der Waals surface area contributed by atoms with Gasteiger partial charge in [-0.25, -0.2) is 0 Å². The van der Waals surface area contributed by atoms with E-state index in [-0.39, 0.29) is 5.91 Å². The molecule has 1 heterocycles. The molecule has 0 atom stereocenters. The molecule has 0 saturated heterocycles. The maximum Gasteiger partial charge on any atom is 0.273 e. The van der Waals surface area contributed by atoms with E-state index in [1.54, 1.807) is 10.7 Å². The zero-order chi connectivity index (χ0) is 14.5. The van der Waals surface area contributed by atoms with Crippen LogP contribution in [-0.2, 0) is 13.0 Å². The van der Waals surface area contributed by atoms with Gasteiger partial charge in [0.15, 0.2) is 0 Å². The highest BCUT2D eigenvalue weighted by molar-refractivity contribution is 9.09. The number of aromatic nitrogens is 2. The highest BCUT2D eigenvalue weighted by Gasteiger charge is 2.13. The van der Waals surface area contributed by atoms with Crippen LogP contribution in [0, 0.1) is 6.92 Å². The van der Waals surface area contributed by atoms with Crippen molar-refractivity contribution in [3.63, 3.8) is 0 Å². The largest absolute Gasteiger partial charge is 0.321 e. The lowest BCUT2D eigenvalue weighted by Crippen LogP contribution is -2.17. The Morgan fingerprint density at radius 2 is 2.05 bits per heavy atom. The van der Waals surface area contributed by atoms with Crippen molar-refractivity contribution in [2.45, 2.75) is 26.8 Å². The molecule has 20 heavy (non-hydrogen) atoms. The number of aryl methyl sites for hydroxylation is 3. The van der Waals surface area contributed by atoms with Gasteiger partial charge in [-0.1, -0.05) is 28.1 Å². The minimum absolute atomic E-state index is 0.124. The molecule has 106 valence electrons. The van der Waals surface area contributed by atoms with Gasteiger partial charge in [-0.05, 0) is 44.0 Å². The van der Waals surface area contributed by atoms with Gasteiger partial charge in [-0.15, -0.1) is 0 Å². The third-order valence-corrected chi connectivity index (χ3v) is 3.43. The minimum Gasteiger partial charge on any atom is -0.321 e. The molecule has 2 aromatic rings. The van der Waals surface area contributed by atoms with Gasteiger partial charge in [0.05, 0.1) is 5.69 Å². The Kier molecular flexibility index (Phi) is 4.95. The quantitative estimate of drug-likeness (QED) is 0.851. The van der Waals surface area contributed by atoms with E-state index in [0.717, 1.165) is 23.1 Å². The summed E-state index contributed by atoms with van der Waals surface area (Å²) in [6, 6.07) is 9.71. The number of hydrogen-bond acceptors (Lipinski definition) is 2. The predicted molar refractivity (Wildman–Crippen MR) is 84.5 cm³/mol. The molecule has 2 rings (SSSR count). The van der Waals surface area contributed by atoms with Gasteiger partial charge in [-0.2, -0.15) is 5.10 Å². The first-order chi connectivity index (χ1) is 9.63. The van der Waals surface area contributed by atoms with E-state index in [1.165, 1.54) is 5.56 Å². The number of nitrogens with one attached hydrogen (secondary N) is 1.